The molecule has 0 unspecified atom stereocenters. The predicted molar refractivity (Wildman–Crippen MR) is 83.1 cm³/mol. The van der Waals surface area contributed by atoms with E-state index in [0.717, 1.165) is 41.8 Å². The fraction of sp³-hybridized carbons (Fsp3) is 0.250. The Labute approximate surface area is 132 Å². The number of hydrogen-bond acceptors (Lipinski definition) is 4. The topological polar surface area (TPSA) is 88.5 Å². The average molecular weight is 308 g/mol. The molecule has 1 aliphatic carbocycles. The molecule has 0 radical (unpaired) electrons. The lowest BCUT2D eigenvalue weighted by Crippen LogP contribution is -2.25. The van der Waals surface area contributed by atoms with Crippen molar-refractivity contribution in [3.63, 3.8) is 0 Å². The fourth-order valence-electron chi connectivity index (χ4n) is 2.98. The molecule has 3 aromatic rings. The van der Waals surface area contributed by atoms with Crippen LogP contribution in [0.2, 0.25) is 0 Å². The van der Waals surface area contributed by atoms with Gasteiger partial charge in [0.05, 0.1) is 5.69 Å². The number of para-hydroxylation sites is 1. The van der Waals surface area contributed by atoms with E-state index < -0.39 is 0 Å². The number of nitrogens with one attached hydrogen (secondary N) is 2. The SMILES string of the molecule is O=C(NCc1ccccc1-n1cncn1)c1n[nH]c2c1CCC2. The van der Waals surface area contributed by atoms with E-state index in [0.29, 0.717) is 12.2 Å². The number of benzene rings is 1. The molecule has 1 aliphatic rings. The van der Waals surface area contributed by atoms with Crippen LogP contribution in [-0.4, -0.2) is 30.9 Å². The standard InChI is InChI=1S/C16H16N6O/c23-16(15-12-5-3-6-13(12)20-21-15)18-8-11-4-1-2-7-14(11)22-10-17-9-19-22/h1-2,4,7,9-10H,3,5-6,8H2,(H,18,23)(H,20,21). The molecule has 23 heavy (non-hydrogen) atoms. The van der Waals surface area contributed by atoms with Gasteiger partial charge in [-0.25, -0.2) is 9.67 Å². The summed E-state index contributed by atoms with van der Waals surface area (Å²) < 4.78 is 1.69. The molecule has 0 atom stereocenters. The van der Waals surface area contributed by atoms with E-state index in [1.165, 1.54) is 6.33 Å². The van der Waals surface area contributed by atoms with E-state index in [4.69, 9.17) is 0 Å². The number of nitrogens with zero attached hydrogens (tertiary/aromatic N) is 4. The number of H-pyrrole nitrogens is 1. The van der Waals surface area contributed by atoms with Crippen molar-refractivity contribution >= 4 is 5.91 Å². The highest BCUT2D eigenvalue weighted by Crippen LogP contribution is 2.22. The molecule has 4 rings (SSSR count). The molecule has 0 fully saturated rings. The van der Waals surface area contributed by atoms with Gasteiger partial charge in [0.2, 0.25) is 0 Å². The van der Waals surface area contributed by atoms with Crippen LogP contribution < -0.4 is 5.32 Å². The Morgan fingerprint density at radius 2 is 2.22 bits per heavy atom. The van der Waals surface area contributed by atoms with Gasteiger partial charge in [0.25, 0.3) is 5.91 Å². The van der Waals surface area contributed by atoms with E-state index in [9.17, 15) is 4.79 Å². The van der Waals surface area contributed by atoms with Crippen molar-refractivity contribution in [2.75, 3.05) is 0 Å². The largest absolute Gasteiger partial charge is 0.346 e. The first-order valence-corrected chi connectivity index (χ1v) is 7.60. The minimum absolute atomic E-state index is 0.141. The number of carbonyl (C=O) groups is 1. The number of aryl methyl sites for hydroxylation is 1. The molecule has 7 heteroatoms. The second kappa shape index (κ2) is 5.68. The quantitative estimate of drug-likeness (QED) is 0.762. The zero-order valence-electron chi connectivity index (χ0n) is 12.5. The van der Waals surface area contributed by atoms with Crippen LogP contribution in [0.25, 0.3) is 5.69 Å². The Morgan fingerprint density at radius 3 is 3.09 bits per heavy atom. The van der Waals surface area contributed by atoms with E-state index in [1.807, 2.05) is 24.3 Å². The van der Waals surface area contributed by atoms with Gasteiger partial charge < -0.3 is 5.32 Å². The summed E-state index contributed by atoms with van der Waals surface area (Å²) in [5.41, 5.74) is 4.55. The Hall–Kier alpha value is -2.96. The van der Waals surface area contributed by atoms with Crippen LogP contribution in [0.4, 0.5) is 0 Å². The minimum atomic E-state index is -0.141. The van der Waals surface area contributed by atoms with Gasteiger partial charge in [-0.15, -0.1) is 0 Å². The number of rotatable bonds is 4. The first kappa shape index (κ1) is 13.7. The van der Waals surface area contributed by atoms with Gasteiger partial charge >= 0.3 is 0 Å². The molecule has 116 valence electrons. The van der Waals surface area contributed by atoms with Gasteiger partial charge in [-0.3, -0.25) is 9.89 Å². The van der Waals surface area contributed by atoms with Crippen molar-refractivity contribution in [3.05, 3.63) is 59.4 Å². The highest BCUT2D eigenvalue weighted by molar-refractivity contribution is 5.94. The monoisotopic (exact) mass is 308 g/mol. The predicted octanol–water partition coefficient (Wildman–Crippen LogP) is 1.41. The summed E-state index contributed by atoms with van der Waals surface area (Å²) in [6.07, 6.45) is 6.11. The average Bonchev–Trinajstić information content (AvgIpc) is 3.29. The number of hydrogen-bond donors (Lipinski definition) is 2. The lowest BCUT2D eigenvalue weighted by Gasteiger charge is -2.10. The fourth-order valence-corrected chi connectivity index (χ4v) is 2.98. The number of aromatic nitrogens is 5. The molecule has 2 heterocycles. The molecular formula is C16H16N6O. The maximum Gasteiger partial charge on any atom is 0.272 e. The molecule has 0 saturated heterocycles. The summed E-state index contributed by atoms with van der Waals surface area (Å²) in [5.74, 6) is -0.141. The lowest BCUT2D eigenvalue weighted by atomic mass is 10.1. The van der Waals surface area contributed by atoms with Crippen LogP contribution in [0.3, 0.4) is 0 Å². The zero-order valence-corrected chi connectivity index (χ0v) is 12.5. The Kier molecular flexibility index (Phi) is 3.38. The normalized spacial score (nSPS) is 13.0. The highest BCUT2D eigenvalue weighted by atomic mass is 16.1. The van der Waals surface area contributed by atoms with E-state index in [2.05, 4.69) is 25.6 Å². The number of fused-ring (bicyclic) bond motifs is 1. The lowest BCUT2D eigenvalue weighted by molar-refractivity contribution is 0.0945. The maximum absolute atomic E-state index is 12.4. The van der Waals surface area contributed by atoms with Crippen molar-refractivity contribution in [2.24, 2.45) is 0 Å². The summed E-state index contributed by atoms with van der Waals surface area (Å²) in [6, 6.07) is 7.78. The maximum atomic E-state index is 12.4. The first-order chi connectivity index (χ1) is 11.3. The van der Waals surface area contributed by atoms with Gasteiger partial charge in [-0.1, -0.05) is 18.2 Å². The van der Waals surface area contributed by atoms with E-state index in [1.54, 1.807) is 11.0 Å². The second-order valence-corrected chi connectivity index (χ2v) is 5.53. The van der Waals surface area contributed by atoms with Gasteiger partial charge in [-0.05, 0) is 30.9 Å². The third-order valence-corrected chi connectivity index (χ3v) is 4.12. The van der Waals surface area contributed by atoms with Gasteiger partial charge in [-0.2, -0.15) is 10.2 Å². The third kappa shape index (κ3) is 2.50. The van der Waals surface area contributed by atoms with Crippen molar-refractivity contribution in [1.29, 1.82) is 0 Å². The smallest absolute Gasteiger partial charge is 0.272 e. The molecule has 2 N–H and O–H groups in total. The van der Waals surface area contributed by atoms with Crippen molar-refractivity contribution < 1.29 is 4.79 Å². The summed E-state index contributed by atoms with van der Waals surface area (Å²) in [7, 11) is 0. The van der Waals surface area contributed by atoms with Crippen LogP contribution in [0.15, 0.2) is 36.9 Å². The van der Waals surface area contributed by atoms with Gasteiger partial charge in [0.1, 0.15) is 12.7 Å². The van der Waals surface area contributed by atoms with Crippen LogP contribution in [0.1, 0.15) is 33.7 Å². The highest BCUT2D eigenvalue weighted by Gasteiger charge is 2.22. The number of amides is 1. The number of carbonyl (C=O) groups excluding carboxylic acids is 1. The third-order valence-electron chi connectivity index (χ3n) is 4.12. The Balaban J connectivity index is 1.52. The first-order valence-electron chi connectivity index (χ1n) is 7.60. The zero-order chi connectivity index (χ0) is 15.6. The number of aromatic amines is 1. The minimum Gasteiger partial charge on any atom is -0.346 e. The molecule has 0 bridgehead atoms. The molecule has 0 aliphatic heterocycles. The molecule has 2 aromatic heterocycles. The summed E-state index contributed by atoms with van der Waals surface area (Å²) in [5, 5.41) is 14.2. The molecule has 0 saturated carbocycles. The Morgan fingerprint density at radius 1 is 1.30 bits per heavy atom. The van der Waals surface area contributed by atoms with Crippen LogP contribution in [0.5, 0.6) is 0 Å². The van der Waals surface area contributed by atoms with Crippen LogP contribution in [-0.2, 0) is 19.4 Å². The molecule has 0 spiro atoms. The van der Waals surface area contributed by atoms with E-state index >= 15 is 0 Å². The van der Waals surface area contributed by atoms with Gasteiger partial charge in [0.15, 0.2) is 5.69 Å². The molecule has 1 aromatic carbocycles. The molecule has 1 amide bonds. The van der Waals surface area contributed by atoms with Crippen molar-refractivity contribution in [2.45, 2.75) is 25.8 Å². The molecular weight excluding hydrogens is 292 g/mol. The van der Waals surface area contributed by atoms with Crippen molar-refractivity contribution in [1.82, 2.24) is 30.3 Å². The second-order valence-electron chi connectivity index (χ2n) is 5.53. The van der Waals surface area contributed by atoms with Crippen LogP contribution >= 0.6 is 0 Å². The van der Waals surface area contributed by atoms with Crippen LogP contribution in [0, 0.1) is 0 Å². The summed E-state index contributed by atoms with van der Waals surface area (Å²) in [4.78, 5) is 16.4. The molecule has 7 nitrogen and oxygen atoms in total. The van der Waals surface area contributed by atoms with Gasteiger partial charge in [0, 0.05) is 17.8 Å². The Bertz CT molecular complexity index is 836. The summed E-state index contributed by atoms with van der Waals surface area (Å²) in [6.45, 7) is 0.413. The van der Waals surface area contributed by atoms with E-state index in [-0.39, 0.29) is 5.91 Å². The summed E-state index contributed by atoms with van der Waals surface area (Å²) >= 11 is 0. The van der Waals surface area contributed by atoms with Crippen molar-refractivity contribution in [3.8, 4) is 5.69 Å².